The Kier molecular flexibility index (Phi) is 15.2. The molecule has 0 saturated heterocycles. The van der Waals surface area contributed by atoms with Crippen molar-refractivity contribution in [2.75, 3.05) is 31.5 Å². The summed E-state index contributed by atoms with van der Waals surface area (Å²) in [6.45, 7) is 11.2. The van der Waals surface area contributed by atoms with Crippen LogP contribution in [0.1, 0.15) is 85.0 Å². The van der Waals surface area contributed by atoms with Crippen LogP contribution in [0.25, 0.3) is 0 Å². The summed E-state index contributed by atoms with van der Waals surface area (Å²) in [6.07, 6.45) is 13.7. The van der Waals surface area contributed by atoms with Gasteiger partial charge in [-0.05, 0) is 26.7 Å². The predicted octanol–water partition coefficient (Wildman–Crippen LogP) is 5.52. The Bertz CT molecular complexity index is 231. The predicted molar refractivity (Wildman–Crippen MR) is 103 cm³/mol. The van der Waals surface area contributed by atoms with Crippen molar-refractivity contribution < 1.29 is 9.59 Å². The highest BCUT2D eigenvalue weighted by Crippen LogP contribution is 2.15. The zero-order valence-corrected chi connectivity index (χ0v) is 17.0. The third-order valence-electron chi connectivity index (χ3n) is 5.10. The topological polar surface area (TPSA) is 20.2 Å². The van der Waals surface area contributed by atoms with Crippen LogP contribution in [0.4, 0.5) is 0 Å². The minimum absolute atomic E-state index is 0.206. The van der Waals surface area contributed by atoms with E-state index in [4.69, 9.17) is 0 Å². The molecule has 1 atom stereocenters. The molecule has 1 unspecified atom stereocenters. The second-order valence-electron chi connectivity index (χ2n) is 6.87. The Morgan fingerprint density at radius 3 is 1.64 bits per heavy atom. The van der Waals surface area contributed by atoms with Crippen molar-refractivity contribution in [1.82, 2.24) is 0 Å². The number of aliphatic hydroxyl groups is 1. The van der Waals surface area contributed by atoms with Crippen molar-refractivity contribution in [2.24, 2.45) is 0 Å². The average molecular weight is 379 g/mol. The Balaban J connectivity index is 3.68. The van der Waals surface area contributed by atoms with E-state index in [1.807, 2.05) is 0 Å². The van der Waals surface area contributed by atoms with E-state index >= 15 is 0 Å². The fourth-order valence-corrected chi connectivity index (χ4v) is 3.52. The molecule has 0 heterocycles. The first-order valence-electron chi connectivity index (χ1n) is 9.73. The minimum atomic E-state index is -0.206. The molecule has 0 aromatic rings. The molecule has 0 aromatic carbocycles. The van der Waals surface area contributed by atoms with Crippen LogP contribution < -0.4 is 0 Å². The molecule has 0 aliphatic heterocycles. The maximum Gasteiger partial charge on any atom is 0.113 e. The molecule has 0 aromatic heterocycles. The van der Waals surface area contributed by atoms with Gasteiger partial charge in [-0.3, -0.25) is 0 Å². The normalized spacial score (nSPS) is 13.5. The summed E-state index contributed by atoms with van der Waals surface area (Å²) in [7, 11) is 0. The van der Waals surface area contributed by atoms with E-state index in [2.05, 4.69) is 36.7 Å². The van der Waals surface area contributed by atoms with Crippen molar-refractivity contribution in [3.05, 3.63) is 0 Å². The van der Waals surface area contributed by atoms with Crippen molar-refractivity contribution in [3.63, 3.8) is 0 Å². The maximum atomic E-state index is 9.95. The number of rotatable bonds is 16. The highest BCUT2D eigenvalue weighted by atomic mass is 79.9. The van der Waals surface area contributed by atoms with Crippen molar-refractivity contribution >= 4 is 15.9 Å². The molecule has 0 spiro atoms. The number of hydrogen-bond donors (Lipinski definition) is 1. The van der Waals surface area contributed by atoms with Gasteiger partial charge in [-0.25, -0.2) is 0 Å². The number of unbranched alkanes of at least 4 members (excludes halogenated alkanes) is 9. The van der Waals surface area contributed by atoms with Crippen LogP contribution in [0.2, 0.25) is 0 Å². The molecule has 0 aliphatic carbocycles. The second-order valence-corrected chi connectivity index (χ2v) is 7.52. The summed E-state index contributed by atoms with van der Waals surface area (Å²) in [6, 6.07) is 0. The van der Waals surface area contributed by atoms with Crippen molar-refractivity contribution in [2.45, 2.75) is 91.1 Å². The first-order chi connectivity index (χ1) is 10.6. The zero-order valence-electron chi connectivity index (χ0n) is 15.5. The summed E-state index contributed by atoms with van der Waals surface area (Å²) < 4.78 is 1.07. The number of aliphatic hydroxyl groups excluding tert-OH is 1. The Morgan fingerprint density at radius 2 is 1.23 bits per heavy atom. The van der Waals surface area contributed by atoms with Crippen molar-refractivity contribution in [1.29, 1.82) is 0 Å². The summed E-state index contributed by atoms with van der Waals surface area (Å²) >= 11 is 3.40. The Hall–Kier alpha value is 0.400. The highest BCUT2D eigenvalue weighted by Gasteiger charge is 2.25. The summed E-state index contributed by atoms with van der Waals surface area (Å²) in [4.78, 5) is 0. The second kappa shape index (κ2) is 15.0. The Labute approximate surface area is 148 Å². The molecule has 0 saturated carbocycles. The molecular formula is C19H41BrNO+. The fraction of sp³-hybridized carbons (Fsp3) is 1.00. The van der Waals surface area contributed by atoms with Gasteiger partial charge in [0.05, 0.1) is 19.6 Å². The lowest BCUT2D eigenvalue weighted by atomic mass is 10.1. The van der Waals surface area contributed by atoms with Gasteiger partial charge >= 0.3 is 0 Å². The lowest BCUT2D eigenvalue weighted by Crippen LogP contribution is -2.52. The van der Waals surface area contributed by atoms with Gasteiger partial charge < -0.3 is 9.59 Å². The molecule has 3 heteroatoms. The summed E-state index contributed by atoms with van der Waals surface area (Å²) in [5.41, 5.74) is 0. The van der Waals surface area contributed by atoms with Crippen molar-refractivity contribution in [3.8, 4) is 0 Å². The van der Waals surface area contributed by atoms with E-state index in [0.717, 1.165) is 24.1 Å². The molecule has 22 heavy (non-hydrogen) atoms. The standard InChI is InChI=1S/C19H41BrNO/c1-4-7-8-9-10-11-12-13-14-15-16-21(5-2,6-3)18-19(22)17-20/h19,22H,4-18H2,1-3H3/q+1. The molecule has 0 amide bonds. The molecule has 0 radical (unpaired) electrons. The van der Waals surface area contributed by atoms with E-state index in [0.29, 0.717) is 5.33 Å². The SMILES string of the molecule is CCCCCCCCCCCC[N+](CC)(CC)CC(O)CBr. The maximum absolute atomic E-state index is 9.95. The number of quaternary nitrogens is 1. The van der Waals surface area contributed by atoms with E-state index < -0.39 is 0 Å². The number of likely N-dealkylation sites (N-methyl/N-ethyl adjacent to an activating group) is 1. The molecule has 2 nitrogen and oxygen atoms in total. The lowest BCUT2D eigenvalue weighted by Gasteiger charge is -2.38. The van der Waals surface area contributed by atoms with E-state index in [-0.39, 0.29) is 6.10 Å². The number of halogens is 1. The van der Waals surface area contributed by atoms with Crippen LogP contribution in [-0.2, 0) is 0 Å². The van der Waals surface area contributed by atoms with Gasteiger partial charge in [0.2, 0.25) is 0 Å². The monoisotopic (exact) mass is 378 g/mol. The van der Waals surface area contributed by atoms with E-state index in [9.17, 15) is 5.11 Å². The number of nitrogens with zero attached hydrogens (tertiary/aromatic N) is 1. The number of alkyl halides is 1. The van der Waals surface area contributed by atoms with E-state index in [1.165, 1.54) is 70.8 Å². The third-order valence-corrected chi connectivity index (χ3v) is 5.85. The summed E-state index contributed by atoms with van der Waals surface area (Å²) in [5, 5.41) is 10.7. The number of hydrogen-bond acceptors (Lipinski definition) is 1. The van der Waals surface area contributed by atoms with Gasteiger partial charge in [-0.2, -0.15) is 0 Å². The first kappa shape index (κ1) is 22.4. The minimum Gasteiger partial charge on any atom is -0.386 e. The van der Waals surface area contributed by atoms with Crippen LogP contribution in [0.3, 0.4) is 0 Å². The molecule has 0 fully saturated rings. The van der Waals surface area contributed by atoms with Gasteiger partial charge in [0.15, 0.2) is 0 Å². The largest absolute Gasteiger partial charge is 0.386 e. The van der Waals surface area contributed by atoms with E-state index in [1.54, 1.807) is 0 Å². The van der Waals surface area contributed by atoms with Gasteiger partial charge in [0, 0.05) is 5.33 Å². The van der Waals surface area contributed by atoms with Crippen LogP contribution >= 0.6 is 15.9 Å². The third kappa shape index (κ3) is 11.0. The van der Waals surface area contributed by atoms with Crippen LogP contribution in [0, 0.1) is 0 Å². The highest BCUT2D eigenvalue weighted by molar-refractivity contribution is 9.09. The molecule has 0 bridgehead atoms. The molecule has 0 aliphatic rings. The van der Waals surface area contributed by atoms with Gasteiger partial charge in [-0.15, -0.1) is 0 Å². The molecule has 0 rings (SSSR count). The van der Waals surface area contributed by atoms with Crippen LogP contribution in [0.5, 0.6) is 0 Å². The molecule has 1 N–H and O–H groups in total. The van der Waals surface area contributed by atoms with Crippen LogP contribution in [-0.4, -0.2) is 47.2 Å². The van der Waals surface area contributed by atoms with Gasteiger partial charge in [-0.1, -0.05) is 74.2 Å². The fourth-order valence-electron chi connectivity index (χ4n) is 3.32. The molecular weight excluding hydrogens is 338 g/mol. The average Bonchev–Trinajstić information content (AvgIpc) is 2.55. The summed E-state index contributed by atoms with van der Waals surface area (Å²) in [5.74, 6) is 0. The van der Waals surface area contributed by atoms with Crippen LogP contribution in [0.15, 0.2) is 0 Å². The van der Waals surface area contributed by atoms with Gasteiger partial charge in [0.25, 0.3) is 0 Å². The zero-order chi connectivity index (χ0) is 16.7. The first-order valence-corrected chi connectivity index (χ1v) is 10.8. The Morgan fingerprint density at radius 1 is 0.773 bits per heavy atom. The smallest absolute Gasteiger partial charge is 0.113 e. The lowest BCUT2D eigenvalue weighted by molar-refractivity contribution is -0.927. The molecule has 134 valence electrons. The van der Waals surface area contributed by atoms with Gasteiger partial charge in [0.1, 0.15) is 12.6 Å². The quantitative estimate of drug-likeness (QED) is 0.213.